The minimum absolute atomic E-state index is 0. The van der Waals surface area contributed by atoms with E-state index in [1.165, 1.54) is 12.8 Å². The Bertz CT molecular complexity index is 476. The molecular formula is C14H19ClN2O2. The average Bonchev–Trinajstić information content (AvgIpc) is 2.82. The lowest BCUT2D eigenvalue weighted by atomic mass is 9.95. The second kappa shape index (κ2) is 6.78. The van der Waals surface area contributed by atoms with Crippen LogP contribution in [0.4, 0.5) is 0 Å². The van der Waals surface area contributed by atoms with E-state index in [-0.39, 0.29) is 12.4 Å². The zero-order chi connectivity index (χ0) is 12.2. The molecule has 1 saturated heterocycles. The molecule has 3 rings (SSSR count). The van der Waals surface area contributed by atoms with Gasteiger partial charge in [-0.25, -0.2) is 0 Å². The molecule has 5 heteroatoms. The summed E-state index contributed by atoms with van der Waals surface area (Å²) in [5.41, 5.74) is 1.64. The van der Waals surface area contributed by atoms with Crippen LogP contribution >= 0.6 is 12.4 Å². The van der Waals surface area contributed by atoms with Crippen molar-refractivity contribution in [1.29, 1.82) is 0 Å². The van der Waals surface area contributed by atoms with Gasteiger partial charge in [-0.15, -0.1) is 12.4 Å². The Morgan fingerprint density at radius 2 is 2.05 bits per heavy atom. The fraction of sp³-hybridized carbons (Fsp3) is 0.500. The van der Waals surface area contributed by atoms with Crippen molar-refractivity contribution in [2.24, 2.45) is 5.92 Å². The number of oxazole rings is 1. The van der Waals surface area contributed by atoms with Crippen LogP contribution in [0.15, 0.2) is 28.7 Å². The predicted octanol–water partition coefficient (Wildman–Crippen LogP) is 3.02. The standard InChI is InChI=1S/C14H18N2O2.ClH/c1-2-4-13-12(3-1)16-14(18-13)17-10-7-11-5-8-15-9-6-11;/h1-4,11,15H,5-10H2;1H. The van der Waals surface area contributed by atoms with Crippen molar-refractivity contribution >= 4 is 23.5 Å². The number of fused-ring (bicyclic) bond motifs is 1. The summed E-state index contributed by atoms with van der Waals surface area (Å²) in [7, 11) is 0. The van der Waals surface area contributed by atoms with Gasteiger partial charge in [-0.05, 0) is 50.4 Å². The molecule has 2 aromatic rings. The summed E-state index contributed by atoms with van der Waals surface area (Å²) in [5, 5.41) is 3.37. The molecule has 0 spiro atoms. The molecule has 104 valence electrons. The largest absolute Gasteiger partial charge is 0.450 e. The summed E-state index contributed by atoms with van der Waals surface area (Å²) >= 11 is 0. The van der Waals surface area contributed by atoms with Crippen molar-refractivity contribution in [1.82, 2.24) is 10.3 Å². The molecule has 0 aliphatic carbocycles. The summed E-state index contributed by atoms with van der Waals surface area (Å²) < 4.78 is 11.1. The Morgan fingerprint density at radius 1 is 1.26 bits per heavy atom. The van der Waals surface area contributed by atoms with E-state index < -0.39 is 0 Å². The molecule has 1 aliphatic rings. The van der Waals surface area contributed by atoms with Crippen LogP contribution in [0.5, 0.6) is 6.08 Å². The smallest absolute Gasteiger partial charge is 0.394 e. The van der Waals surface area contributed by atoms with Crippen LogP contribution in [0.25, 0.3) is 11.1 Å². The minimum Gasteiger partial charge on any atom is -0.450 e. The van der Waals surface area contributed by atoms with E-state index in [1.54, 1.807) is 0 Å². The van der Waals surface area contributed by atoms with E-state index in [1.807, 2.05) is 24.3 Å². The van der Waals surface area contributed by atoms with Crippen LogP contribution < -0.4 is 10.1 Å². The van der Waals surface area contributed by atoms with Crippen molar-refractivity contribution in [3.8, 4) is 6.08 Å². The van der Waals surface area contributed by atoms with Crippen LogP contribution in [0.3, 0.4) is 0 Å². The summed E-state index contributed by atoms with van der Waals surface area (Å²) in [5.74, 6) is 0.774. The second-order valence-corrected chi connectivity index (χ2v) is 4.78. The third kappa shape index (κ3) is 3.61. The number of benzene rings is 1. The molecule has 0 bridgehead atoms. The predicted molar refractivity (Wildman–Crippen MR) is 77.0 cm³/mol. The minimum atomic E-state index is 0. The Kier molecular flexibility index (Phi) is 5.05. The van der Waals surface area contributed by atoms with Gasteiger partial charge >= 0.3 is 6.08 Å². The summed E-state index contributed by atoms with van der Waals surface area (Å²) in [4.78, 5) is 4.29. The van der Waals surface area contributed by atoms with Crippen LogP contribution in [0.2, 0.25) is 0 Å². The first-order valence-corrected chi connectivity index (χ1v) is 6.61. The van der Waals surface area contributed by atoms with Gasteiger partial charge in [0.05, 0.1) is 6.61 Å². The zero-order valence-corrected chi connectivity index (χ0v) is 11.6. The molecule has 4 nitrogen and oxygen atoms in total. The van der Waals surface area contributed by atoms with Crippen LogP contribution in [0.1, 0.15) is 19.3 Å². The van der Waals surface area contributed by atoms with E-state index >= 15 is 0 Å². The number of halogens is 1. The van der Waals surface area contributed by atoms with Gasteiger partial charge in [0.15, 0.2) is 5.58 Å². The average molecular weight is 283 g/mol. The Morgan fingerprint density at radius 3 is 2.84 bits per heavy atom. The lowest BCUT2D eigenvalue weighted by molar-refractivity contribution is 0.203. The highest BCUT2D eigenvalue weighted by molar-refractivity contribution is 5.85. The molecule has 0 unspecified atom stereocenters. The van der Waals surface area contributed by atoms with Gasteiger partial charge in [-0.3, -0.25) is 0 Å². The van der Waals surface area contributed by atoms with Gasteiger partial charge in [0.1, 0.15) is 5.52 Å². The highest BCUT2D eigenvalue weighted by Gasteiger charge is 2.13. The molecule has 0 amide bonds. The summed E-state index contributed by atoms with van der Waals surface area (Å²) in [6, 6.07) is 7.72. The molecule has 0 radical (unpaired) electrons. The lowest BCUT2D eigenvalue weighted by Gasteiger charge is -2.21. The van der Waals surface area contributed by atoms with Crippen LogP contribution in [-0.4, -0.2) is 24.7 Å². The van der Waals surface area contributed by atoms with Gasteiger partial charge in [0.2, 0.25) is 0 Å². The molecule has 0 atom stereocenters. The molecule has 1 aromatic heterocycles. The van der Waals surface area contributed by atoms with Crippen molar-refractivity contribution in [3.63, 3.8) is 0 Å². The van der Waals surface area contributed by atoms with E-state index in [9.17, 15) is 0 Å². The van der Waals surface area contributed by atoms with E-state index in [0.717, 1.165) is 36.5 Å². The van der Waals surface area contributed by atoms with Crippen molar-refractivity contribution in [3.05, 3.63) is 24.3 Å². The number of hydrogen-bond acceptors (Lipinski definition) is 4. The first kappa shape index (κ1) is 14.2. The molecule has 1 N–H and O–H groups in total. The first-order valence-electron chi connectivity index (χ1n) is 6.61. The Labute approximate surface area is 118 Å². The highest BCUT2D eigenvalue weighted by atomic mass is 35.5. The van der Waals surface area contributed by atoms with Crippen molar-refractivity contribution < 1.29 is 9.15 Å². The first-order chi connectivity index (χ1) is 8.92. The molecule has 2 heterocycles. The molecule has 1 fully saturated rings. The zero-order valence-electron chi connectivity index (χ0n) is 10.8. The van der Waals surface area contributed by atoms with Crippen LogP contribution in [0, 0.1) is 5.92 Å². The lowest BCUT2D eigenvalue weighted by Crippen LogP contribution is -2.28. The maximum Gasteiger partial charge on any atom is 0.394 e. The fourth-order valence-corrected chi connectivity index (χ4v) is 2.40. The number of nitrogens with zero attached hydrogens (tertiary/aromatic N) is 1. The summed E-state index contributed by atoms with van der Waals surface area (Å²) in [6.07, 6.45) is 3.97. The highest BCUT2D eigenvalue weighted by Crippen LogP contribution is 2.21. The van der Waals surface area contributed by atoms with Crippen LogP contribution in [-0.2, 0) is 0 Å². The van der Waals surface area contributed by atoms with Gasteiger partial charge in [-0.2, -0.15) is 4.98 Å². The molecule has 1 aliphatic heterocycles. The normalized spacial score (nSPS) is 16.2. The monoisotopic (exact) mass is 282 g/mol. The third-order valence-electron chi connectivity index (χ3n) is 3.48. The molecule has 1 aromatic carbocycles. The second-order valence-electron chi connectivity index (χ2n) is 4.78. The number of rotatable bonds is 4. The molecule has 0 saturated carbocycles. The van der Waals surface area contributed by atoms with E-state index in [2.05, 4.69) is 10.3 Å². The topological polar surface area (TPSA) is 47.3 Å². The number of aromatic nitrogens is 1. The van der Waals surface area contributed by atoms with Gasteiger partial charge in [0, 0.05) is 0 Å². The van der Waals surface area contributed by atoms with Crippen molar-refractivity contribution in [2.75, 3.05) is 19.7 Å². The molecule has 19 heavy (non-hydrogen) atoms. The summed E-state index contributed by atoms with van der Waals surface area (Å²) in [6.45, 7) is 2.96. The van der Waals surface area contributed by atoms with Crippen molar-refractivity contribution in [2.45, 2.75) is 19.3 Å². The Balaban J connectivity index is 0.00000133. The number of para-hydroxylation sites is 2. The number of ether oxygens (including phenoxy) is 1. The fourth-order valence-electron chi connectivity index (χ4n) is 2.40. The van der Waals surface area contributed by atoms with Gasteiger partial charge < -0.3 is 14.5 Å². The number of hydrogen-bond donors (Lipinski definition) is 1. The maximum absolute atomic E-state index is 5.60. The number of piperidine rings is 1. The molecular weight excluding hydrogens is 264 g/mol. The Hall–Kier alpha value is -1.26. The number of nitrogens with one attached hydrogen (secondary N) is 1. The third-order valence-corrected chi connectivity index (χ3v) is 3.48. The maximum atomic E-state index is 5.60. The van der Waals surface area contributed by atoms with E-state index in [0.29, 0.717) is 12.7 Å². The quantitative estimate of drug-likeness (QED) is 0.936. The van der Waals surface area contributed by atoms with Gasteiger partial charge in [-0.1, -0.05) is 12.1 Å². The SMILES string of the molecule is Cl.c1ccc2oc(OCCC3CCNCC3)nc2c1. The van der Waals surface area contributed by atoms with Gasteiger partial charge in [0.25, 0.3) is 0 Å². The van der Waals surface area contributed by atoms with E-state index in [4.69, 9.17) is 9.15 Å².